The number of rotatable bonds is 3. The smallest absolute Gasteiger partial charge is 0.191 e. The maximum atomic E-state index is 6.06. The molecule has 0 saturated heterocycles. The minimum absolute atomic E-state index is 0.398. The first-order chi connectivity index (χ1) is 10.1. The number of hydrogen-bond donors (Lipinski definition) is 2. The van der Waals surface area contributed by atoms with E-state index in [9.17, 15) is 0 Å². The number of nitrogens with one attached hydrogen (secondary N) is 2. The fraction of sp³-hybridized carbons (Fsp3) is 0.0667. The van der Waals surface area contributed by atoms with Crippen LogP contribution < -0.4 is 10.7 Å². The van der Waals surface area contributed by atoms with Crippen LogP contribution >= 0.6 is 35.4 Å². The third-order valence-electron chi connectivity index (χ3n) is 2.63. The van der Waals surface area contributed by atoms with E-state index in [1.807, 2.05) is 37.3 Å². The highest BCUT2D eigenvalue weighted by Crippen LogP contribution is 2.24. The molecule has 0 bridgehead atoms. The molecule has 108 valence electrons. The van der Waals surface area contributed by atoms with Crippen LogP contribution in [-0.4, -0.2) is 11.3 Å². The van der Waals surface area contributed by atoms with Crippen molar-refractivity contribution < 1.29 is 0 Å². The molecule has 2 aromatic carbocycles. The van der Waals surface area contributed by atoms with Gasteiger partial charge in [0.15, 0.2) is 5.11 Å². The van der Waals surface area contributed by atoms with E-state index in [0.717, 1.165) is 16.8 Å². The minimum atomic E-state index is 0.398. The summed E-state index contributed by atoms with van der Waals surface area (Å²) in [6, 6.07) is 13.2. The van der Waals surface area contributed by atoms with Gasteiger partial charge in [-0.15, -0.1) is 0 Å². The second-order valence-corrected chi connectivity index (χ2v) is 5.53. The van der Waals surface area contributed by atoms with Gasteiger partial charge in [0.25, 0.3) is 0 Å². The molecule has 0 atom stereocenters. The molecule has 0 aliphatic rings. The van der Waals surface area contributed by atoms with Crippen LogP contribution in [0.25, 0.3) is 0 Å². The van der Waals surface area contributed by atoms with Crippen LogP contribution in [0.5, 0.6) is 0 Å². The third-order valence-corrected chi connectivity index (χ3v) is 3.65. The highest BCUT2D eigenvalue weighted by molar-refractivity contribution is 7.80. The Morgan fingerprint density at radius 1 is 1.19 bits per heavy atom. The summed E-state index contributed by atoms with van der Waals surface area (Å²) >= 11 is 17.1. The molecule has 0 aliphatic carbocycles. The van der Waals surface area contributed by atoms with Crippen molar-refractivity contribution in [1.29, 1.82) is 0 Å². The van der Waals surface area contributed by atoms with Crippen LogP contribution in [0.3, 0.4) is 0 Å². The molecule has 0 unspecified atom stereocenters. The molecule has 6 heteroatoms. The third kappa shape index (κ3) is 4.70. The van der Waals surface area contributed by atoms with Gasteiger partial charge in [-0.25, -0.2) is 0 Å². The summed E-state index contributed by atoms with van der Waals surface area (Å²) in [6.07, 6.45) is 1.57. The maximum Gasteiger partial charge on any atom is 0.191 e. The van der Waals surface area contributed by atoms with Crippen molar-refractivity contribution in [2.45, 2.75) is 6.92 Å². The van der Waals surface area contributed by atoms with E-state index in [1.165, 1.54) is 0 Å². The number of benzene rings is 2. The van der Waals surface area contributed by atoms with Gasteiger partial charge in [0.05, 0.1) is 16.3 Å². The summed E-state index contributed by atoms with van der Waals surface area (Å²) in [7, 11) is 0. The van der Waals surface area contributed by atoms with Crippen LogP contribution in [0, 0.1) is 6.92 Å². The number of aryl methyl sites for hydroxylation is 1. The number of hydrogen-bond acceptors (Lipinski definition) is 2. The molecule has 3 nitrogen and oxygen atoms in total. The van der Waals surface area contributed by atoms with Gasteiger partial charge in [-0.2, -0.15) is 5.10 Å². The van der Waals surface area contributed by atoms with Gasteiger partial charge in [0, 0.05) is 11.3 Å². The molecule has 0 fully saturated rings. The molecular weight excluding hydrogens is 325 g/mol. The Kier molecular flexibility index (Phi) is 5.56. The zero-order chi connectivity index (χ0) is 15.2. The normalized spacial score (nSPS) is 10.6. The topological polar surface area (TPSA) is 36.4 Å². The van der Waals surface area contributed by atoms with E-state index in [2.05, 4.69) is 15.8 Å². The Balaban J connectivity index is 1.95. The number of anilines is 1. The predicted octanol–water partition coefficient (Wildman–Crippen LogP) is 4.62. The summed E-state index contributed by atoms with van der Waals surface area (Å²) in [5, 5.41) is 8.43. The number of nitrogens with zero attached hydrogens (tertiary/aromatic N) is 1. The van der Waals surface area contributed by atoms with Gasteiger partial charge < -0.3 is 5.32 Å². The van der Waals surface area contributed by atoms with Gasteiger partial charge in [0.1, 0.15) is 0 Å². The second kappa shape index (κ2) is 7.41. The van der Waals surface area contributed by atoms with Crippen LogP contribution in [0.2, 0.25) is 10.0 Å². The molecule has 0 heterocycles. The van der Waals surface area contributed by atoms with Crippen LogP contribution in [-0.2, 0) is 0 Å². The molecule has 0 aromatic heterocycles. The van der Waals surface area contributed by atoms with Gasteiger partial charge in [-0.3, -0.25) is 5.43 Å². The summed E-state index contributed by atoms with van der Waals surface area (Å²) < 4.78 is 0. The maximum absolute atomic E-state index is 6.06. The lowest BCUT2D eigenvalue weighted by molar-refractivity contribution is 1.05. The van der Waals surface area contributed by atoms with Crippen molar-refractivity contribution in [1.82, 2.24) is 5.43 Å². The molecule has 2 rings (SSSR count). The lowest BCUT2D eigenvalue weighted by Gasteiger charge is -2.07. The average Bonchev–Trinajstić information content (AvgIpc) is 2.43. The monoisotopic (exact) mass is 337 g/mol. The lowest BCUT2D eigenvalue weighted by atomic mass is 10.2. The highest BCUT2D eigenvalue weighted by Gasteiger charge is 2.01. The van der Waals surface area contributed by atoms with E-state index >= 15 is 0 Å². The second-order valence-electron chi connectivity index (χ2n) is 4.34. The summed E-state index contributed by atoms with van der Waals surface area (Å²) in [5.74, 6) is 0. The van der Waals surface area contributed by atoms with Crippen molar-refractivity contribution in [2.24, 2.45) is 5.10 Å². The van der Waals surface area contributed by atoms with Crippen LogP contribution in [0.15, 0.2) is 47.6 Å². The summed E-state index contributed by atoms with van der Waals surface area (Å²) in [5.41, 5.74) is 5.51. The van der Waals surface area contributed by atoms with Crippen LogP contribution in [0.1, 0.15) is 11.1 Å². The van der Waals surface area contributed by atoms with Gasteiger partial charge in [-0.1, -0.05) is 47.5 Å². The standard InChI is InChI=1S/C15H13Cl2N3S/c1-10-4-2-6-12(8-10)19-15(21)20-18-9-11-5-3-7-13(16)14(11)17/h2-9H,1H3,(H2,19,20,21)/b18-9-. The van der Waals surface area contributed by atoms with E-state index in [0.29, 0.717) is 15.2 Å². The zero-order valence-corrected chi connectivity index (χ0v) is 13.6. The van der Waals surface area contributed by atoms with E-state index in [-0.39, 0.29) is 0 Å². The SMILES string of the molecule is Cc1cccc(NC(=S)N/N=C\c2cccc(Cl)c2Cl)c1. The van der Waals surface area contributed by atoms with Gasteiger partial charge >= 0.3 is 0 Å². The fourth-order valence-corrected chi connectivity index (χ4v) is 2.19. The number of hydrazone groups is 1. The Hall–Kier alpha value is -1.62. The molecule has 0 saturated carbocycles. The first kappa shape index (κ1) is 15.8. The van der Waals surface area contributed by atoms with E-state index in [1.54, 1.807) is 18.3 Å². The van der Waals surface area contributed by atoms with Crippen molar-refractivity contribution in [3.8, 4) is 0 Å². The molecular formula is C15H13Cl2N3S. The molecule has 2 N–H and O–H groups in total. The van der Waals surface area contributed by atoms with Crippen molar-refractivity contribution in [3.63, 3.8) is 0 Å². The molecule has 2 aromatic rings. The highest BCUT2D eigenvalue weighted by atomic mass is 35.5. The lowest BCUT2D eigenvalue weighted by Crippen LogP contribution is -2.23. The Morgan fingerprint density at radius 2 is 1.95 bits per heavy atom. The van der Waals surface area contributed by atoms with E-state index in [4.69, 9.17) is 35.4 Å². The van der Waals surface area contributed by atoms with E-state index < -0.39 is 0 Å². The van der Waals surface area contributed by atoms with Gasteiger partial charge in [0.2, 0.25) is 0 Å². The molecule has 0 spiro atoms. The Morgan fingerprint density at radius 3 is 2.71 bits per heavy atom. The Bertz CT molecular complexity index is 686. The minimum Gasteiger partial charge on any atom is -0.331 e. The van der Waals surface area contributed by atoms with Gasteiger partial charge in [-0.05, 0) is 42.9 Å². The first-order valence-corrected chi connectivity index (χ1v) is 7.33. The fourth-order valence-electron chi connectivity index (χ4n) is 1.66. The van der Waals surface area contributed by atoms with Crippen molar-refractivity contribution in [2.75, 3.05) is 5.32 Å². The largest absolute Gasteiger partial charge is 0.331 e. The number of thiocarbonyl (C=S) groups is 1. The average molecular weight is 338 g/mol. The molecule has 0 amide bonds. The van der Waals surface area contributed by atoms with Crippen LogP contribution in [0.4, 0.5) is 5.69 Å². The first-order valence-electron chi connectivity index (χ1n) is 6.17. The zero-order valence-electron chi connectivity index (χ0n) is 11.2. The summed E-state index contributed by atoms with van der Waals surface area (Å²) in [6.45, 7) is 2.01. The Labute approximate surface area is 139 Å². The van der Waals surface area contributed by atoms with Crippen molar-refractivity contribution in [3.05, 3.63) is 63.6 Å². The summed E-state index contributed by atoms with van der Waals surface area (Å²) in [4.78, 5) is 0. The molecule has 0 radical (unpaired) electrons. The van der Waals surface area contributed by atoms with Crippen molar-refractivity contribution >= 4 is 52.4 Å². The molecule has 21 heavy (non-hydrogen) atoms. The molecule has 0 aliphatic heterocycles. The quantitative estimate of drug-likeness (QED) is 0.487. The predicted molar refractivity (Wildman–Crippen MR) is 94.6 cm³/mol. The number of halogens is 2.